The highest BCUT2D eigenvalue weighted by molar-refractivity contribution is 5.95. The molecule has 9 heteroatoms. The van der Waals surface area contributed by atoms with Crippen molar-refractivity contribution in [3.63, 3.8) is 0 Å². The highest BCUT2D eigenvalue weighted by Gasteiger charge is 2.27. The maximum absolute atomic E-state index is 16.1. The molecule has 4 aromatic rings. The molecule has 5 rings (SSSR count). The van der Waals surface area contributed by atoms with Crippen molar-refractivity contribution in [2.45, 2.75) is 25.5 Å². The van der Waals surface area contributed by atoms with Crippen LogP contribution in [0.1, 0.15) is 36.3 Å². The lowest BCUT2D eigenvalue weighted by molar-refractivity contribution is 0.137. The summed E-state index contributed by atoms with van der Waals surface area (Å²) in [5.74, 6) is 0.583. The number of nitrogens with one attached hydrogen (secondary N) is 3. The highest BCUT2D eigenvalue weighted by Crippen LogP contribution is 2.36. The summed E-state index contributed by atoms with van der Waals surface area (Å²) in [6.07, 6.45) is 2.26. The predicted molar refractivity (Wildman–Crippen MR) is 144 cm³/mol. The minimum absolute atomic E-state index is 0.0280. The smallest absolute Gasteiger partial charge is 0.171 e. The van der Waals surface area contributed by atoms with Gasteiger partial charge in [-0.15, -0.1) is 0 Å². The first kappa shape index (κ1) is 25.3. The Bertz CT molecular complexity index is 1390. The van der Waals surface area contributed by atoms with Crippen LogP contribution in [0.5, 0.6) is 11.5 Å². The molecule has 0 aliphatic carbocycles. The predicted octanol–water partition coefficient (Wildman–Crippen LogP) is 5.27. The Morgan fingerprint density at radius 3 is 2.68 bits per heavy atom. The zero-order valence-corrected chi connectivity index (χ0v) is 21.0. The van der Waals surface area contributed by atoms with Crippen LogP contribution in [0.4, 0.5) is 10.1 Å². The van der Waals surface area contributed by atoms with Crippen LogP contribution in [0.25, 0.3) is 11.3 Å². The van der Waals surface area contributed by atoms with Gasteiger partial charge >= 0.3 is 0 Å². The van der Waals surface area contributed by atoms with Crippen LogP contribution in [0, 0.1) is 11.2 Å². The number of halogens is 1. The van der Waals surface area contributed by atoms with Crippen LogP contribution in [-0.2, 0) is 4.74 Å². The van der Waals surface area contributed by atoms with E-state index in [4.69, 9.17) is 30.3 Å². The highest BCUT2D eigenvalue weighted by atomic mass is 19.1. The molecule has 0 spiro atoms. The summed E-state index contributed by atoms with van der Waals surface area (Å²) in [4.78, 5) is 8.04. The van der Waals surface area contributed by atoms with Gasteiger partial charge in [-0.3, -0.25) is 5.41 Å². The molecule has 1 aliphatic heterocycles. The molecule has 196 valence electrons. The number of amidine groups is 1. The topological polar surface area (TPSA) is 118 Å². The molecule has 1 aliphatic rings. The van der Waals surface area contributed by atoms with Gasteiger partial charge < -0.3 is 30.2 Å². The number of ether oxygens (including phenoxy) is 3. The van der Waals surface area contributed by atoms with E-state index in [0.717, 1.165) is 11.3 Å². The molecule has 0 bridgehead atoms. The first-order valence-electron chi connectivity index (χ1n) is 12.5. The Hall–Kier alpha value is -4.37. The number of anilines is 1. The molecule has 5 N–H and O–H groups in total. The van der Waals surface area contributed by atoms with E-state index in [-0.39, 0.29) is 17.7 Å². The van der Waals surface area contributed by atoms with E-state index in [1.54, 1.807) is 42.6 Å². The number of nitrogens with two attached hydrogens (primary N) is 1. The third kappa shape index (κ3) is 5.63. The third-order valence-electron chi connectivity index (χ3n) is 6.29. The van der Waals surface area contributed by atoms with Crippen molar-refractivity contribution in [3.8, 4) is 22.8 Å². The zero-order valence-electron chi connectivity index (χ0n) is 21.0. The van der Waals surface area contributed by atoms with Gasteiger partial charge in [0.15, 0.2) is 11.6 Å². The number of rotatable bonds is 10. The number of imidazole rings is 1. The Balaban J connectivity index is 1.57. The molecule has 0 amide bonds. The number of nitrogen functional groups attached to an aromatic ring is 1. The second-order valence-electron chi connectivity index (χ2n) is 8.97. The van der Waals surface area contributed by atoms with Gasteiger partial charge in [-0.25, -0.2) is 9.37 Å². The molecule has 8 nitrogen and oxygen atoms in total. The van der Waals surface area contributed by atoms with Crippen LogP contribution in [0.2, 0.25) is 0 Å². The summed E-state index contributed by atoms with van der Waals surface area (Å²) in [5.41, 5.74) is 8.90. The Kier molecular flexibility index (Phi) is 7.55. The molecule has 0 radical (unpaired) electrons. The quantitative estimate of drug-likeness (QED) is 0.169. The van der Waals surface area contributed by atoms with Gasteiger partial charge in [0.25, 0.3) is 0 Å². The van der Waals surface area contributed by atoms with Gasteiger partial charge in [0, 0.05) is 41.1 Å². The fraction of sp³-hybridized carbons (Fsp3) is 0.241. The van der Waals surface area contributed by atoms with Crippen molar-refractivity contribution >= 4 is 11.5 Å². The Morgan fingerprint density at radius 1 is 1.21 bits per heavy atom. The van der Waals surface area contributed by atoms with E-state index in [1.165, 1.54) is 0 Å². The molecular weight excluding hydrogens is 485 g/mol. The van der Waals surface area contributed by atoms with E-state index in [0.29, 0.717) is 54.6 Å². The van der Waals surface area contributed by atoms with Crippen molar-refractivity contribution < 1.29 is 18.6 Å². The SMILES string of the molecule is CCOc1cc(O[C@H]2CCOC2)c(F)c(C(Nc2ccc(C(=N)N)cc2)c2nc(-c3ccccc3)c[nH]2)c1. The van der Waals surface area contributed by atoms with E-state index in [9.17, 15) is 0 Å². The molecule has 1 fully saturated rings. The van der Waals surface area contributed by atoms with Crippen molar-refractivity contribution in [1.29, 1.82) is 5.41 Å². The monoisotopic (exact) mass is 515 g/mol. The molecule has 0 saturated carbocycles. The Labute approximate surface area is 220 Å². The van der Waals surface area contributed by atoms with E-state index < -0.39 is 11.9 Å². The van der Waals surface area contributed by atoms with Crippen LogP contribution in [0.3, 0.4) is 0 Å². The maximum atomic E-state index is 16.1. The van der Waals surface area contributed by atoms with Crippen molar-refractivity contribution in [3.05, 3.63) is 95.7 Å². The largest absolute Gasteiger partial charge is 0.494 e. The second kappa shape index (κ2) is 11.4. The molecule has 3 aromatic carbocycles. The standard InChI is InChI=1S/C29H30FN5O3/c1-2-37-22-14-23(26(30)25(15-22)38-21-12-13-36-17-21)27(34-20-10-8-19(9-11-20)28(31)32)29-33-16-24(35-29)18-6-4-3-5-7-18/h3-11,14-16,21,27,34H,2,12-13,17H2,1H3,(H3,31,32)(H,33,35)/t21-,27?/m0/s1. The molecule has 2 heterocycles. The number of hydrogen-bond donors (Lipinski definition) is 4. The van der Waals surface area contributed by atoms with Gasteiger partial charge in [-0.2, -0.15) is 0 Å². The molecule has 38 heavy (non-hydrogen) atoms. The van der Waals surface area contributed by atoms with Gasteiger partial charge in [0.1, 0.15) is 29.6 Å². The van der Waals surface area contributed by atoms with Crippen LogP contribution < -0.4 is 20.5 Å². The second-order valence-corrected chi connectivity index (χ2v) is 8.97. The van der Waals surface area contributed by atoms with E-state index in [2.05, 4.69) is 10.3 Å². The normalized spacial score (nSPS) is 15.7. The minimum atomic E-state index is -0.710. The zero-order chi connectivity index (χ0) is 26.5. The summed E-state index contributed by atoms with van der Waals surface area (Å²) in [5, 5.41) is 11.1. The lowest BCUT2D eigenvalue weighted by atomic mass is 10.0. The summed E-state index contributed by atoms with van der Waals surface area (Å²) < 4.78 is 33.3. The van der Waals surface area contributed by atoms with Crippen LogP contribution in [-0.4, -0.2) is 41.7 Å². The number of hydrogen-bond acceptors (Lipinski definition) is 6. The number of H-pyrrole nitrogens is 1. The lowest BCUT2D eigenvalue weighted by Crippen LogP contribution is -2.20. The van der Waals surface area contributed by atoms with E-state index in [1.807, 2.05) is 37.3 Å². The summed E-state index contributed by atoms with van der Waals surface area (Å²) in [6, 6.07) is 19.4. The molecule has 1 saturated heterocycles. The van der Waals surface area contributed by atoms with Gasteiger partial charge in [-0.1, -0.05) is 30.3 Å². The van der Waals surface area contributed by atoms with Crippen LogP contribution in [0.15, 0.2) is 72.9 Å². The van der Waals surface area contributed by atoms with Gasteiger partial charge in [-0.05, 0) is 37.3 Å². The number of nitrogens with zero attached hydrogens (tertiary/aromatic N) is 1. The molecular formula is C29H30FN5O3. The van der Waals surface area contributed by atoms with E-state index >= 15 is 4.39 Å². The third-order valence-corrected chi connectivity index (χ3v) is 6.29. The minimum Gasteiger partial charge on any atom is -0.494 e. The maximum Gasteiger partial charge on any atom is 0.171 e. The number of aromatic nitrogens is 2. The van der Waals surface area contributed by atoms with Crippen molar-refractivity contribution in [2.75, 3.05) is 25.1 Å². The number of benzene rings is 3. The van der Waals surface area contributed by atoms with Gasteiger partial charge in [0.2, 0.25) is 0 Å². The summed E-state index contributed by atoms with van der Waals surface area (Å²) in [7, 11) is 0. The summed E-state index contributed by atoms with van der Waals surface area (Å²) in [6.45, 7) is 3.29. The summed E-state index contributed by atoms with van der Waals surface area (Å²) >= 11 is 0. The molecule has 1 unspecified atom stereocenters. The first-order chi connectivity index (χ1) is 18.5. The first-order valence-corrected chi connectivity index (χ1v) is 12.5. The Morgan fingerprint density at radius 2 is 2.00 bits per heavy atom. The van der Waals surface area contributed by atoms with Crippen molar-refractivity contribution in [1.82, 2.24) is 9.97 Å². The van der Waals surface area contributed by atoms with Crippen LogP contribution >= 0.6 is 0 Å². The average molecular weight is 516 g/mol. The average Bonchev–Trinajstić information content (AvgIpc) is 3.63. The fourth-order valence-corrected chi connectivity index (χ4v) is 4.37. The molecule has 1 aromatic heterocycles. The van der Waals surface area contributed by atoms with Gasteiger partial charge in [0.05, 0.1) is 25.5 Å². The lowest BCUT2D eigenvalue weighted by Gasteiger charge is -2.22. The van der Waals surface area contributed by atoms with Crippen molar-refractivity contribution in [2.24, 2.45) is 5.73 Å². The fourth-order valence-electron chi connectivity index (χ4n) is 4.37. The number of aromatic amines is 1. The molecule has 2 atom stereocenters.